The number of ether oxygens (including phenoxy) is 1. The van der Waals surface area contributed by atoms with E-state index in [4.69, 9.17) is 4.74 Å². The van der Waals surface area contributed by atoms with E-state index in [-0.39, 0.29) is 42.7 Å². The van der Waals surface area contributed by atoms with Gasteiger partial charge >= 0.3 is 0 Å². The topological polar surface area (TPSA) is 146 Å². The lowest BCUT2D eigenvalue weighted by Crippen LogP contribution is -2.56. The van der Waals surface area contributed by atoms with E-state index in [0.29, 0.717) is 51.0 Å². The molecule has 1 saturated heterocycles. The van der Waals surface area contributed by atoms with Crippen LogP contribution in [-0.2, 0) is 35.1 Å². The smallest absolute Gasteiger partial charge is 0.243 e. The summed E-state index contributed by atoms with van der Waals surface area (Å²) in [5.74, 6) is -1.81. The average Bonchev–Trinajstić information content (AvgIpc) is 2.98. The summed E-state index contributed by atoms with van der Waals surface area (Å²) in [6, 6.07) is 7.22. The first-order valence-electron chi connectivity index (χ1n) is 16.0. The fourth-order valence-electron chi connectivity index (χ4n) is 5.16. The molecule has 0 saturated carbocycles. The Hall–Kier alpha value is -3.57. The third kappa shape index (κ3) is 13.9. The fraction of sp³-hybridized carbons (Fsp3) is 0.618. The maximum absolute atomic E-state index is 13.6. The third-order valence-electron chi connectivity index (χ3n) is 7.61. The average molecular weight is 628 g/mol. The minimum absolute atomic E-state index is 0.0543. The van der Waals surface area contributed by atoms with E-state index >= 15 is 0 Å². The van der Waals surface area contributed by atoms with Crippen LogP contribution < -0.4 is 21.3 Å². The molecule has 0 aliphatic carbocycles. The van der Waals surface area contributed by atoms with Crippen molar-refractivity contribution >= 4 is 29.4 Å². The lowest BCUT2D eigenvalue weighted by atomic mass is 9.97. The minimum Gasteiger partial charge on any atom is -0.379 e. The van der Waals surface area contributed by atoms with Crippen molar-refractivity contribution in [2.75, 3.05) is 32.8 Å². The van der Waals surface area contributed by atoms with Crippen molar-refractivity contribution in [3.63, 3.8) is 0 Å². The van der Waals surface area contributed by atoms with Crippen LogP contribution in [0.2, 0.25) is 0 Å². The van der Waals surface area contributed by atoms with Gasteiger partial charge in [0.25, 0.3) is 0 Å². The Morgan fingerprint density at radius 1 is 0.889 bits per heavy atom. The van der Waals surface area contributed by atoms with Gasteiger partial charge in [0.15, 0.2) is 5.78 Å². The molecular weight excluding hydrogens is 574 g/mol. The molecule has 0 radical (unpaired) electrons. The van der Waals surface area contributed by atoms with Crippen molar-refractivity contribution in [1.29, 1.82) is 0 Å². The molecule has 1 unspecified atom stereocenters. The van der Waals surface area contributed by atoms with Gasteiger partial charge in [0, 0.05) is 12.6 Å². The van der Waals surface area contributed by atoms with Gasteiger partial charge in [-0.05, 0) is 62.5 Å². The predicted molar refractivity (Wildman–Crippen MR) is 174 cm³/mol. The van der Waals surface area contributed by atoms with Gasteiger partial charge in [0.2, 0.25) is 23.6 Å². The highest BCUT2D eigenvalue weighted by Gasteiger charge is 2.29. The molecule has 1 aromatic carbocycles. The second-order valence-corrected chi connectivity index (χ2v) is 12.8. The summed E-state index contributed by atoms with van der Waals surface area (Å²) in [5.41, 5.74) is 1.37. The number of nitrogens with one attached hydrogen (secondary N) is 4. The van der Waals surface area contributed by atoms with Crippen LogP contribution in [0.4, 0.5) is 0 Å². The summed E-state index contributed by atoms with van der Waals surface area (Å²) in [5, 5.41) is 11.0. The molecule has 1 aliphatic rings. The second-order valence-electron chi connectivity index (χ2n) is 12.8. The summed E-state index contributed by atoms with van der Waals surface area (Å²) in [4.78, 5) is 67.2. The zero-order valence-electron chi connectivity index (χ0n) is 27.8. The van der Waals surface area contributed by atoms with E-state index < -0.39 is 35.8 Å². The lowest BCUT2D eigenvalue weighted by molar-refractivity contribution is -0.134. The molecule has 11 heteroatoms. The van der Waals surface area contributed by atoms with Crippen LogP contribution in [0.1, 0.15) is 66.4 Å². The van der Waals surface area contributed by atoms with Gasteiger partial charge < -0.3 is 26.0 Å². The maximum atomic E-state index is 13.6. The van der Waals surface area contributed by atoms with Crippen LogP contribution in [0.15, 0.2) is 42.5 Å². The molecule has 4 atom stereocenters. The van der Waals surface area contributed by atoms with Crippen molar-refractivity contribution in [2.24, 2.45) is 11.8 Å². The molecule has 250 valence electrons. The van der Waals surface area contributed by atoms with Crippen LogP contribution in [0, 0.1) is 11.8 Å². The molecule has 2 rings (SSSR count). The summed E-state index contributed by atoms with van der Waals surface area (Å²) < 4.78 is 5.47. The molecular formula is C34H53N5O6. The molecule has 11 nitrogen and oxygen atoms in total. The highest BCUT2D eigenvalue weighted by molar-refractivity contribution is 6.01. The van der Waals surface area contributed by atoms with Crippen molar-refractivity contribution in [3.8, 4) is 0 Å². The highest BCUT2D eigenvalue weighted by atomic mass is 16.5. The fourth-order valence-corrected chi connectivity index (χ4v) is 5.16. The van der Waals surface area contributed by atoms with Crippen LogP contribution in [0.25, 0.3) is 0 Å². The van der Waals surface area contributed by atoms with Crippen LogP contribution in [0.5, 0.6) is 0 Å². The SMILES string of the molecule is C=C(C)C(=O)[C@H](CC(C)C)NC(=O)CNC(=O)C(CC(C)C)NC(=O)[C@H](CCc1ccccc1)NC(=O)CN1CCOC[C@H]1C. The molecule has 0 spiro atoms. The van der Waals surface area contributed by atoms with Gasteiger partial charge in [0.05, 0.1) is 32.3 Å². The number of rotatable bonds is 18. The molecule has 45 heavy (non-hydrogen) atoms. The summed E-state index contributed by atoms with van der Waals surface area (Å²) in [6.45, 7) is 16.5. The molecule has 0 bridgehead atoms. The van der Waals surface area contributed by atoms with E-state index in [2.05, 4.69) is 27.8 Å². The van der Waals surface area contributed by atoms with E-state index in [0.717, 1.165) is 5.56 Å². The lowest BCUT2D eigenvalue weighted by Gasteiger charge is -2.33. The van der Waals surface area contributed by atoms with Crippen molar-refractivity contribution in [3.05, 3.63) is 48.0 Å². The normalized spacial score (nSPS) is 17.2. The number of hydrogen-bond donors (Lipinski definition) is 4. The number of nitrogens with zero attached hydrogens (tertiary/aromatic N) is 1. The van der Waals surface area contributed by atoms with E-state index in [1.165, 1.54) is 0 Å². The Morgan fingerprint density at radius 2 is 1.51 bits per heavy atom. The van der Waals surface area contributed by atoms with Gasteiger partial charge in [-0.25, -0.2) is 0 Å². The maximum Gasteiger partial charge on any atom is 0.243 e. The third-order valence-corrected chi connectivity index (χ3v) is 7.61. The number of carbonyl (C=O) groups is 5. The van der Waals surface area contributed by atoms with Crippen molar-refractivity contribution < 1.29 is 28.7 Å². The van der Waals surface area contributed by atoms with Gasteiger partial charge in [-0.3, -0.25) is 28.9 Å². The van der Waals surface area contributed by atoms with Crippen molar-refractivity contribution in [1.82, 2.24) is 26.2 Å². The van der Waals surface area contributed by atoms with Crippen LogP contribution in [0.3, 0.4) is 0 Å². The number of amides is 4. The molecule has 1 heterocycles. The molecule has 1 aromatic rings. The van der Waals surface area contributed by atoms with Gasteiger partial charge in [0.1, 0.15) is 12.1 Å². The van der Waals surface area contributed by atoms with Crippen molar-refractivity contribution in [2.45, 2.75) is 91.4 Å². The zero-order valence-corrected chi connectivity index (χ0v) is 27.8. The van der Waals surface area contributed by atoms with Gasteiger partial charge in [-0.2, -0.15) is 0 Å². The molecule has 1 aliphatic heterocycles. The van der Waals surface area contributed by atoms with E-state index in [9.17, 15) is 24.0 Å². The Kier molecular flexibility index (Phi) is 15.9. The summed E-state index contributed by atoms with van der Waals surface area (Å²) >= 11 is 0. The molecule has 1 fully saturated rings. The first kappa shape index (κ1) is 37.6. The van der Waals surface area contributed by atoms with E-state index in [1.807, 2.05) is 69.9 Å². The number of morpholine rings is 1. The monoisotopic (exact) mass is 627 g/mol. The van der Waals surface area contributed by atoms with E-state index in [1.54, 1.807) is 6.92 Å². The Bertz CT molecular complexity index is 1150. The Morgan fingerprint density at radius 3 is 2.11 bits per heavy atom. The number of benzene rings is 1. The number of aryl methyl sites for hydroxylation is 1. The number of Topliss-reactive ketones (excluding diaryl/α,β-unsaturated/α-hetero) is 1. The Balaban J connectivity index is 2.09. The predicted octanol–water partition coefficient (Wildman–Crippen LogP) is 2.15. The number of carbonyl (C=O) groups excluding carboxylic acids is 5. The molecule has 4 amide bonds. The number of hydrogen-bond acceptors (Lipinski definition) is 7. The molecule has 0 aromatic heterocycles. The van der Waals surface area contributed by atoms with Gasteiger partial charge in [-0.15, -0.1) is 0 Å². The first-order valence-corrected chi connectivity index (χ1v) is 16.0. The Labute approximate surface area is 268 Å². The largest absolute Gasteiger partial charge is 0.379 e. The van der Waals surface area contributed by atoms with Gasteiger partial charge in [-0.1, -0.05) is 64.6 Å². The zero-order chi connectivity index (χ0) is 33.5. The molecule has 4 N–H and O–H groups in total. The van der Waals surface area contributed by atoms with Crippen LogP contribution in [-0.4, -0.2) is 91.3 Å². The first-order chi connectivity index (χ1) is 21.3. The highest BCUT2D eigenvalue weighted by Crippen LogP contribution is 2.11. The second kappa shape index (κ2) is 19.1. The minimum atomic E-state index is -0.927. The summed E-state index contributed by atoms with van der Waals surface area (Å²) in [7, 11) is 0. The standard InChI is InChI=1S/C34H53N5O6/c1-22(2)17-28(32(42)24(5)6)37-30(40)19-35-33(43)29(18-23(3)4)38-34(44)27(14-13-26-11-9-8-10-12-26)36-31(41)20-39-15-16-45-21-25(39)7/h8-12,22-23,25,27-29H,5,13-21H2,1-4,6-7H3,(H,35,43)(H,36,41)(H,37,40)(H,38,44)/t25-,27+,28+,29?/m1/s1. The summed E-state index contributed by atoms with van der Waals surface area (Å²) in [6.07, 6.45) is 1.66. The quantitative estimate of drug-likeness (QED) is 0.183. The number of ketones is 1. The van der Waals surface area contributed by atoms with Crippen LogP contribution >= 0.6 is 0 Å².